The number of morpholine rings is 1. The minimum Gasteiger partial charge on any atom is -0.379 e. The van der Waals surface area contributed by atoms with E-state index >= 15 is 0 Å². The van der Waals surface area contributed by atoms with E-state index in [1.807, 2.05) is 24.0 Å². The van der Waals surface area contributed by atoms with Crippen LogP contribution in [0.5, 0.6) is 0 Å². The maximum Gasteiger partial charge on any atom is 0.247 e. The van der Waals surface area contributed by atoms with Crippen LogP contribution >= 0.6 is 0 Å². The third-order valence-corrected chi connectivity index (χ3v) is 8.04. The molecular formula is C28H36N8O. The largest absolute Gasteiger partial charge is 0.379 e. The van der Waals surface area contributed by atoms with Crippen LogP contribution in [0, 0.1) is 6.92 Å². The van der Waals surface area contributed by atoms with Crippen molar-refractivity contribution in [1.82, 2.24) is 29.3 Å². The molecule has 0 unspecified atom stereocenters. The number of pyridine rings is 1. The molecule has 0 atom stereocenters. The molecule has 9 nitrogen and oxygen atoms in total. The predicted octanol–water partition coefficient (Wildman–Crippen LogP) is 3.78. The second kappa shape index (κ2) is 10.1. The lowest BCUT2D eigenvalue weighted by Gasteiger charge is -2.44. The zero-order valence-electron chi connectivity index (χ0n) is 21.8. The molecule has 9 heteroatoms. The Hall–Kier alpha value is -3.43. The molecule has 0 spiro atoms. The molecule has 2 aliphatic rings. The van der Waals surface area contributed by atoms with Gasteiger partial charge in [0.15, 0.2) is 5.65 Å². The Balaban J connectivity index is 1.21. The second-order valence-electron chi connectivity index (χ2n) is 10.5. The van der Waals surface area contributed by atoms with E-state index in [-0.39, 0.29) is 5.41 Å². The summed E-state index contributed by atoms with van der Waals surface area (Å²) in [6.07, 6.45) is 9.08. The first-order valence-electron chi connectivity index (χ1n) is 13.3. The fraction of sp³-hybridized carbons (Fsp3) is 0.464. The highest BCUT2D eigenvalue weighted by Gasteiger charge is 2.37. The van der Waals surface area contributed by atoms with Gasteiger partial charge >= 0.3 is 0 Å². The third-order valence-electron chi connectivity index (χ3n) is 8.04. The smallest absolute Gasteiger partial charge is 0.247 e. The van der Waals surface area contributed by atoms with Crippen LogP contribution < -0.4 is 10.2 Å². The summed E-state index contributed by atoms with van der Waals surface area (Å²) in [5, 5.41) is 12.1. The number of hydrogen-bond donors (Lipinski definition) is 1. The van der Waals surface area contributed by atoms with Crippen LogP contribution in [-0.2, 0) is 17.2 Å². The zero-order valence-corrected chi connectivity index (χ0v) is 21.8. The van der Waals surface area contributed by atoms with Crippen molar-refractivity contribution < 1.29 is 4.74 Å². The zero-order chi connectivity index (χ0) is 25.2. The average molecular weight is 501 g/mol. The Bertz CT molecular complexity index is 1330. The summed E-state index contributed by atoms with van der Waals surface area (Å²) < 4.78 is 9.21. The normalized spacial score (nSPS) is 18.4. The monoisotopic (exact) mass is 500 g/mol. The average Bonchev–Trinajstić information content (AvgIpc) is 3.54. The molecule has 0 bridgehead atoms. The van der Waals surface area contributed by atoms with E-state index in [1.54, 1.807) is 10.9 Å². The Labute approximate surface area is 218 Å². The van der Waals surface area contributed by atoms with Crippen molar-refractivity contribution in [2.24, 2.45) is 7.05 Å². The van der Waals surface area contributed by atoms with Gasteiger partial charge in [0.1, 0.15) is 0 Å². The number of ether oxygens (including phenoxy) is 1. The molecular weight excluding hydrogens is 464 g/mol. The highest BCUT2D eigenvalue weighted by atomic mass is 16.5. The van der Waals surface area contributed by atoms with Gasteiger partial charge in [0, 0.05) is 45.6 Å². The molecule has 2 fully saturated rings. The molecule has 3 aromatic heterocycles. The summed E-state index contributed by atoms with van der Waals surface area (Å²) in [6, 6.07) is 13.5. The molecule has 1 aromatic carbocycles. The van der Waals surface area contributed by atoms with Gasteiger partial charge in [-0.15, -0.1) is 5.10 Å². The number of anilines is 3. The number of rotatable bonds is 7. The fourth-order valence-corrected chi connectivity index (χ4v) is 5.77. The van der Waals surface area contributed by atoms with Crippen molar-refractivity contribution in [3.63, 3.8) is 0 Å². The summed E-state index contributed by atoms with van der Waals surface area (Å²) >= 11 is 0. The van der Waals surface area contributed by atoms with Gasteiger partial charge < -0.3 is 15.0 Å². The standard InChI is InChI=1S/C28H36N8O/c1-22-5-7-23(8-6-22)28(9-13-34-16-18-37-19-17-34)10-14-35(15-11-28)25-4-3-12-36-26(25)31-27(32-36)30-24-20-29-33(2)21-24/h3-8,12,20-21H,9-11,13-19H2,1-2H3,(H,30,32). The Morgan fingerprint density at radius 3 is 2.54 bits per heavy atom. The highest BCUT2D eigenvalue weighted by Crippen LogP contribution is 2.40. The maximum absolute atomic E-state index is 5.58. The lowest BCUT2D eigenvalue weighted by Crippen LogP contribution is -2.46. The van der Waals surface area contributed by atoms with E-state index in [0.717, 1.165) is 75.8 Å². The molecule has 0 aliphatic carbocycles. The predicted molar refractivity (Wildman–Crippen MR) is 146 cm³/mol. The van der Waals surface area contributed by atoms with Crippen LogP contribution in [0.2, 0.25) is 0 Å². The molecule has 0 radical (unpaired) electrons. The lowest BCUT2D eigenvalue weighted by molar-refractivity contribution is 0.0334. The summed E-state index contributed by atoms with van der Waals surface area (Å²) in [6.45, 7) is 9.07. The first-order valence-corrected chi connectivity index (χ1v) is 13.3. The minimum absolute atomic E-state index is 0.189. The fourth-order valence-electron chi connectivity index (χ4n) is 5.77. The van der Waals surface area contributed by atoms with Crippen molar-refractivity contribution in [2.75, 3.05) is 56.2 Å². The molecule has 194 valence electrons. The van der Waals surface area contributed by atoms with Gasteiger partial charge in [0.2, 0.25) is 5.95 Å². The van der Waals surface area contributed by atoms with Gasteiger partial charge in [0.05, 0.1) is 30.8 Å². The van der Waals surface area contributed by atoms with Crippen molar-refractivity contribution in [2.45, 2.75) is 31.6 Å². The number of hydrogen-bond acceptors (Lipinski definition) is 7. The van der Waals surface area contributed by atoms with Crippen molar-refractivity contribution in [3.8, 4) is 0 Å². The molecule has 0 saturated carbocycles. The number of benzene rings is 1. The molecule has 5 heterocycles. The van der Waals surface area contributed by atoms with E-state index in [1.165, 1.54) is 17.5 Å². The van der Waals surface area contributed by atoms with Gasteiger partial charge in [-0.3, -0.25) is 9.58 Å². The van der Waals surface area contributed by atoms with E-state index in [9.17, 15) is 0 Å². The van der Waals surface area contributed by atoms with Crippen LogP contribution in [0.1, 0.15) is 30.4 Å². The summed E-state index contributed by atoms with van der Waals surface area (Å²) in [7, 11) is 1.90. The van der Waals surface area contributed by atoms with Crippen LogP contribution in [0.4, 0.5) is 17.3 Å². The number of aryl methyl sites for hydroxylation is 2. The number of piperidine rings is 1. The van der Waals surface area contributed by atoms with Crippen LogP contribution in [-0.4, -0.2) is 75.2 Å². The van der Waals surface area contributed by atoms with E-state index < -0.39 is 0 Å². The van der Waals surface area contributed by atoms with E-state index in [2.05, 4.69) is 68.6 Å². The van der Waals surface area contributed by atoms with Gasteiger partial charge in [0.25, 0.3) is 0 Å². The molecule has 2 saturated heterocycles. The van der Waals surface area contributed by atoms with Gasteiger partial charge in [-0.25, -0.2) is 4.52 Å². The Morgan fingerprint density at radius 1 is 1.03 bits per heavy atom. The van der Waals surface area contributed by atoms with Gasteiger partial charge in [-0.2, -0.15) is 10.1 Å². The number of fused-ring (bicyclic) bond motifs is 1. The first-order chi connectivity index (χ1) is 18.1. The number of aromatic nitrogens is 5. The molecule has 0 amide bonds. The number of nitrogens with zero attached hydrogens (tertiary/aromatic N) is 7. The van der Waals surface area contributed by atoms with E-state index in [4.69, 9.17) is 9.72 Å². The van der Waals surface area contributed by atoms with Crippen molar-refractivity contribution >= 4 is 23.0 Å². The summed E-state index contributed by atoms with van der Waals surface area (Å²) in [5.74, 6) is 0.581. The number of nitrogens with one attached hydrogen (secondary N) is 1. The van der Waals surface area contributed by atoms with Crippen LogP contribution in [0.15, 0.2) is 55.0 Å². The second-order valence-corrected chi connectivity index (χ2v) is 10.5. The quantitative estimate of drug-likeness (QED) is 0.414. The Morgan fingerprint density at radius 2 is 1.81 bits per heavy atom. The maximum atomic E-state index is 5.58. The molecule has 4 aromatic rings. The molecule has 37 heavy (non-hydrogen) atoms. The molecule has 2 aliphatic heterocycles. The Kier molecular flexibility index (Phi) is 6.56. The van der Waals surface area contributed by atoms with Gasteiger partial charge in [-0.05, 0) is 55.8 Å². The third kappa shape index (κ3) is 5.06. The topological polar surface area (TPSA) is 75.8 Å². The van der Waals surface area contributed by atoms with Crippen molar-refractivity contribution in [1.29, 1.82) is 0 Å². The van der Waals surface area contributed by atoms with Gasteiger partial charge in [-0.1, -0.05) is 29.8 Å². The molecule has 1 N–H and O–H groups in total. The summed E-state index contributed by atoms with van der Waals surface area (Å²) in [5.41, 5.74) is 5.88. The van der Waals surface area contributed by atoms with E-state index in [0.29, 0.717) is 5.95 Å². The lowest BCUT2D eigenvalue weighted by atomic mass is 9.70. The van der Waals surface area contributed by atoms with Crippen molar-refractivity contribution in [3.05, 3.63) is 66.1 Å². The molecule has 6 rings (SSSR count). The van der Waals surface area contributed by atoms with Crippen LogP contribution in [0.25, 0.3) is 5.65 Å². The van der Waals surface area contributed by atoms with Crippen LogP contribution in [0.3, 0.4) is 0 Å². The minimum atomic E-state index is 0.189. The first kappa shape index (κ1) is 23.9. The summed E-state index contributed by atoms with van der Waals surface area (Å²) in [4.78, 5) is 9.89. The SMILES string of the molecule is Cc1ccc(C2(CCN3CCOCC3)CCN(c3cccn4nc(Nc5cnn(C)c5)nc34)CC2)cc1. The highest BCUT2D eigenvalue weighted by molar-refractivity contribution is 5.71.